The molecule has 0 aromatic rings. The van der Waals surface area contributed by atoms with Crippen LogP contribution in [0.4, 0.5) is 4.79 Å². The Morgan fingerprint density at radius 3 is 1.81 bits per heavy atom. The van der Waals surface area contributed by atoms with Crippen LogP contribution in [0.2, 0.25) is 0 Å². The van der Waals surface area contributed by atoms with E-state index in [0.29, 0.717) is 70.7 Å². The first-order valence-electron chi connectivity index (χ1n) is 16.4. The molecule has 0 aromatic carbocycles. The standard InChI is InChI=1S/C19H35NO5.C14H27NO3/c1-19(2,3)25-18(22)20-16-8-5-15(6-9-16)7-10-17(21)11-12-24-14-13-23-4;1-12-3-5-13(6-4-12)11-15-14(16)7-8-18-10-9-17-2/h15-16H,5-14H2,1-4H3,(H,20,22);12-13H,3-11H2,1-2H3,(H,15,16). The van der Waals surface area contributed by atoms with Crippen molar-refractivity contribution >= 4 is 17.8 Å². The Bertz CT molecular complexity index is 742. The fourth-order valence-electron chi connectivity index (χ4n) is 5.28. The molecule has 10 nitrogen and oxygen atoms in total. The fourth-order valence-corrected chi connectivity index (χ4v) is 5.28. The van der Waals surface area contributed by atoms with Crippen molar-refractivity contribution in [2.24, 2.45) is 17.8 Å². The fraction of sp³-hybridized carbons (Fsp3) is 0.909. The van der Waals surface area contributed by atoms with Gasteiger partial charge in [-0.2, -0.15) is 0 Å². The van der Waals surface area contributed by atoms with E-state index >= 15 is 0 Å². The maximum atomic E-state index is 11.9. The van der Waals surface area contributed by atoms with Crippen LogP contribution in [0.15, 0.2) is 0 Å². The molecule has 2 aliphatic carbocycles. The van der Waals surface area contributed by atoms with Crippen LogP contribution >= 0.6 is 0 Å². The number of carbonyl (C=O) groups is 3. The van der Waals surface area contributed by atoms with Gasteiger partial charge in [-0.1, -0.05) is 19.8 Å². The van der Waals surface area contributed by atoms with Crippen LogP contribution in [-0.4, -0.2) is 89.8 Å². The first-order valence-corrected chi connectivity index (χ1v) is 16.4. The molecule has 0 radical (unpaired) electrons. The van der Waals surface area contributed by atoms with Gasteiger partial charge in [0.25, 0.3) is 0 Å². The number of alkyl carbamates (subject to hydrolysis) is 1. The number of ether oxygens (including phenoxy) is 5. The van der Waals surface area contributed by atoms with Crippen molar-refractivity contribution in [1.82, 2.24) is 10.6 Å². The highest BCUT2D eigenvalue weighted by atomic mass is 16.6. The highest BCUT2D eigenvalue weighted by Crippen LogP contribution is 2.29. The Kier molecular flexibility index (Phi) is 21.6. The molecule has 2 saturated carbocycles. The van der Waals surface area contributed by atoms with Crippen molar-refractivity contribution in [3.8, 4) is 0 Å². The minimum absolute atomic E-state index is 0.103. The van der Waals surface area contributed by atoms with Crippen molar-refractivity contribution in [2.45, 2.75) is 116 Å². The third kappa shape index (κ3) is 22.4. The van der Waals surface area contributed by atoms with Crippen LogP contribution in [0.3, 0.4) is 0 Å². The summed E-state index contributed by atoms with van der Waals surface area (Å²) in [4.78, 5) is 35.2. The van der Waals surface area contributed by atoms with Crippen molar-refractivity contribution < 1.29 is 38.1 Å². The van der Waals surface area contributed by atoms with E-state index in [0.717, 1.165) is 44.6 Å². The van der Waals surface area contributed by atoms with Gasteiger partial charge in [-0.3, -0.25) is 9.59 Å². The minimum Gasteiger partial charge on any atom is -0.444 e. The molecule has 0 spiro atoms. The second-order valence-corrected chi connectivity index (χ2v) is 13.1. The summed E-state index contributed by atoms with van der Waals surface area (Å²) < 4.78 is 25.6. The molecule has 43 heavy (non-hydrogen) atoms. The number of hydrogen-bond acceptors (Lipinski definition) is 8. The third-order valence-electron chi connectivity index (χ3n) is 7.98. The summed E-state index contributed by atoms with van der Waals surface area (Å²) in [5.74, 6) is 2.50. The van der Waals surface area contributed by atoms with Gasteiger partial charge in [0.2, 0.25) is 5.91 Å². The number of hydrogen-bond donors (Lipinski definition) is 2. The van der Waals surface area contributed by atoms with Gasteiger partial charge in [0.1, 0.15) is 11.4 Å². The Balaban J connectivity index is 0.000000453. The molecule has 252 valence electrons. The number of ketones is 1. The lowest BCUT2D eigenvalue weighted by atomic mass is 9.83. The maximum absolute atomic E-state index is 11.9. The van der Waals surface area contributed by atoms with Crippen LogP contribution in [0.5, 0.6) is 0 Å². The summed E-state index contributed by atoms with van der Waals surface area (Å²) in [5, 5.41) is 5.96. The van der Waals surface area contributed by atoms with Gasteiger partial charge in [0.05, 0.1) is 39.6 Å². The molecular formula is C33H62N2O8. The second kappa shape index (κ2) is 23.6. The van der Waals surface area contributed by atoms with E-state index in [1.165, 1.54) is 25.7 Å². The average Bonchev–Trinajstić information content (AvgIpc) is 2.95. The number of Topliss-reactive ketones (excluding diaryl/α,β-unsaturated/α-hetero) is 1. The molecular weight excluding hydrogens is 552 g/mol. The summed E-state index contributed by atoms with van der Waals surface area (Å²) in [6, 6.07) is 0.191. The topological polar surface area (TPSA) is 121 Å². The predicted octanol–water partition coefficient (Wildman–Crippen LogP) is 5.45. The largest absolute Gasteiger partial charge is 0.444 e. The molecule has 0 atom stereocenters. The van der Waals surface area contributed by atoms with Crippen LogP contribution < -0.4 is 10.6 Å². The quantitative estimate of drug-likeness (QED) is 0.196. The Hall–Kier alpha value is -1.75. The Morgan fingerprint density at radius 2 is 1.26 bits per heavy atom. The highest BCUT2D eigenvalue weighted by Gasteiger charge is 2.25. The molecule has 0 unspecified atom stereocenters. The zero-order chi connectivity index (χ0) is 31.9. The third-order valence-corrected chi connectivity index (χ3v) is 7.98. The number of nitrogens with one attached hydrogen (secondary N) is 2. The van der Waals surface area contributed by atoms with E-state index in [9.17, 15) is 14.4 Å². The maximum Gasteiger partial charge on any atom is 0.407 e. The lowest BCUT2D eigenvalue weighted by Gasteiger charge is -2.30. The van der Waals surface area contributed by atoms with E-state index in [-0.39, 0.29) is 23.8 Å². The summed E-state index contributed by atoms with van der Waals surface area (Å²) in [5.41, 5.74) is -0.463. The summed E-state index contributed by atoms with van der Waals surface area (Å²) >= 11 is 0. The van der Waals surface area contributed by atoms with Gasteiger partial charge in [-0.05, 0) is 83.5 Å². The Labute approximate surface area is 261 Å². The zero-order valence-corrected chi connectivity index (χ0v) is 28.0. The molecule has 0 saturated heterocycles. The van der Waals surface area contributed by atoms with E-state index < -0.39 is 5.60 Å². The zero-order valence-electron chi connectivity index (χ0n) is 28.0. The molecule has 2 N–H and O–H groups in total. The molecule has 2 rings (SSSR count). The van der Waals surface area contributed by atoms with Gasteiger partial charge >= 0.3 is 6.09 Å². The van der Waals surface area contributed by atoms with E-state index in [1.54, 1.807) is 14.2 Å². The normalized spacial score (nSPS) is 22.2. The molecule has 0 aromatic heterocycles. The molecule has 2 amide bonds. The second-order valence-electron chi connectivity index (χ2n) is 13.1. The average molecular weight is 615 g/mol. The highest BCUT2D eigenvalue weighted by molar-refractivity contribution is 5.78. The van der Waals surface area contributed by atoms with Gasteiger partial charge in [-0.25, -0.2) is 4.79 Å². The molecule has 0 heterocycles. The lowest BCUT2D eigenvalue weighted by molar-refractivity contribution is -0.122. The van der Waals surface area contributed by atoms with Gasteiger partial charge < -0.3 is 34.3 Å². The number of methoxy groups -OCH3 is 2. The molecule has 10 heteroatoms. The first kappa shape index (κ1) is 39.3. The first-order chi connectivity index (χ1) is 20.5. The minimum atomic E-state index is -0.463. The predicted molar refractivity (Wildman–Crippen MR) is 168 cm³/mol. The van der Waals surface area contributed by atoms with E-state index in [2.05, 4.69) is 17.6 Å². The number of rotatable bonds is 18. The van der Waals surface area contributed by atoms with Crippen LogP contribution in [0.1, 0.15) is 105 Å². The summed E-state index contributed by atoms with van der Waals surface area (Å²) in [7, 11) is 3.27. The Morgan fingerprint density at radius 1 is 0.698 bits per heavy atom. The van der Waals surface area contributed by atoms with Gasteiger partial charge in [0, 0.05) is 46.1 Å². The lowest BCUT2D eigenvalue weighted by Crippen LogP contribution is -2.40. The van der Waals surface area contributed by atoms with Crippen LogP contribution in [0.25, 0.3) is 0 Å². The van der Waals surface area contributed by atoms with Crippen molar-refractivity contribution in [3.63, 3.8) is 0 Å². The molecule has 0 bridgehead atoms. The van der Waals surface area contributed by atoms with Crippen LogP contribution in [0, 0.1) is 17.8 Å². The SMILES string of the molecule is COCCOCCC(=O)CCC1CCC(NC(=O)OC(C)(C)C)CC1.COCCOCCC(=O)NCC1CCC(C)CC1. The smallest absolute Gasteiger partial charge is 0.407 e. The monoisotopic (exact) mass is 614 g/mol. The summed E-state index contributed by atoms with van der Waals surface area (Å²) in [6.07, 6.45) is 11.3. The molecule has 2 aliphatic rings. The summed E-state index contributed by atoms with van der Waals surface area (Å²) in [6.45, 7) is 12.0. The van der Waals surface area contributed by atoms with Crippen LogP contribution in [-0.2, 0) is 33.3 Å². The molecule has 0 aliphatic heterocycles. The number of amides is 2. The van der Waals surface area contributed by atoms with Crippen molar-refractivity contribution in [3.05, 3.63) is 0 Å². The van der Waals surface area contributed by atoms with E-state index in [4.69, 9.17) is 23.7 Å². The number of carbonyl (C=O) groups excluding carboxylic acids is 3. The van der Waals surface area contributed by atoms with Crippen molar-refractivity contribution in [1.29, 1.82) is 0 Å². The van der Waals surface area contributed by atoms with Gasteiger partial charge in [0.15, 0.2) is 0 Å². The van der Waals surface area contributed by atoms with Crippen molar-refractivity contribution in [2.75, 3.05) is 60.4 Å². The van der Waals surface area contributed by atoms with Gasteiger partial charge in [-0.15, -0.1) is 0 Å². The molecule has 2 fully saturated rings. The van der Waals surface area contributed by atoms with E-state index in [1.807, 2.05) is 20.8 Å².